The fourth-order valence-corrected chi connectivity index (χ4v) is 7.17. The van der Waals surface area contributed by atoms with Gasteiger partial charge in [-0.2, -0.15) is 0 Å². The summed E-state index contributed by atoms with van der Waals surface area (Å²) in [6.45, 7) is 0. The fraction of sp³-hybridized carbons (Fsp3) is 0.238. The molecule has 0 saturated heterocycles. The molecule has 0 spiro atoms. The van der Waals surface area contributed by atoms with E-state index in [9.17, 15) is 9.59 Å². The lowest BCUT2D eigenvalue weighted by molar-refractivity contribution is 0.700. The summed E-state index contributed by atoms with van der Waals surface area (Å²) in [6.07, 6.45) is 4.33. The number of hydrogen-bond acceptors (Lipinski definition) is 7. The van der Waals surface area contributed by atoms with Gasteiger partial charge in [0.25, 0.3) is 11.1 Å². The molecule has 0 aliphatic heterocycles. The maximum Gasteiger partial charge on any atom is 0.260 e. The van der Waals surface area contributed by atoms with Gasteiger partial charge in [0.1, 0.15) is 4.83 Å². The zero-order valence-corrected chi connectivity index (χ0v) is 18.3. The number of nitrogens with zero attached hydrogens (tertiary/aromatic N) is 3. The van der Waals surface area contributed by atoms with Crippen molar-refractivity contribution in [1.29, 1.82) is 0 Å². The Bertz CT molecular complexity index is 1560. The molecule has 1 aliphatic carbocycles. The number of fused-ring (bicyclic) bond motifs is 6. The maximum absolute atomic E-state index is 12.7. The van der Waals surface area contributed by atoms with Crippen molar-refractivity contribution < 1.29 is 0 Å². The van der Waals surface area contributed by atoms with Crippen LogP contribution in [0.2, 0.25) is 0 Å². The third kappa shape index (κ3) is 2.91. The minimum atomic E-state index is -0.0871. The Kier molecular flexibility index (Phi) is 4.29. The largest absolute Gasteiger partial charge is 0.301 e. The van der Waals surface area contributed by atoms with Gasteiger partial charge in [-0.15, -0.1) is 11.3 Å². The van der Waals surface area contributed by atoms with Crippen molar-refractivity contribution in [2.24, 2.45) is 0 Å². The van der Waals surface area contributed by atoms with E-state index in [1.54, 1.807) is 21.8 Å². The normalized spacial score (nSPS) is 14.0. The fourth-order valence-electron chi connectivity index (χ4n) is 4.05. The molecular weight excluding hydrogens is 436 g/mol. The number of hydrogen-bond donors (Lipinski definition) is 1. The van der Waals surface area contributed by atoms with E-state index in [2.05, 4.69) is 9.97 Å². The molecular formula is C21H16N4O2S3. The highest BCUT2D eigenvalue weighted by molar-refractivity contribution is 7.98. The van der Waals surface area contributed by atoms with Crippen LogP contribution in [0.5, 0.6) is 0 Å². The van der Waals surface area contributed by atoms with Gasteiger partial charge in [-0.3, -0.25) is 14.0 Å². The number of para-hydroxylation sites is 1. The second-order valence-electron chi connectivity index (χ2n) is 7.32. The van der Waals surface area contributed by atoms with Crippen molar-refractivity contribution >= 4 is 59.8 Å². The van der Waals surface area contributed by atoms with Gasteiger partial charge in [0.2, 0.25) is 0 Å². The standard InChI is InChI=1S/C21H16N4O2S3/c26-16-9-11(22-21-25(16)13-6-2-4-8-15(13)30-21)10-28-20-23-18(27)17-12-5-1-3-7-14(12)29-19(17)24-20/h2,4,6,8-9H,1,3,5,7,10H2,(H,23,24,27). The molecule has 0 fully saturated rings. The van der Waals surface area contributed by atoms with Gasteiger partial charge in [-0.1, -0.05) is 35.2 Å². The molecule has 1 aliphatic rings. The van der Waals surface area contributed by atoms with E-state index in [0.717, 1.165) is 39.7 Å². The lowest BCUT2D eigenvalue weighted by atomic mass is 9.97. The first-order valence-electron chi connectivity index (χ1n) is 9.75. The van der Waals surface area contributed by atoms with Crippen LogP contribution in [0.15, 0.2) is 45.1 Å². The van der Waals surface area contributed by atoms with E-state index >= 15 is 0 Å². The van der Waals surface area contributed by atoms with Gasteiger partial charge in [0, 0.05) is 16.7 Å². The third-order valence-electron chi connectivity index (χ3n) is 5.41. The maximum atomic E-state index is 12.7. The number of aromatic nitrogens is 4. The molecule has 6 rings (SSSR count). The monoisotopic (exact) mass is 452 g/mol. The van der Waals surface area contributed by atoms with Gasteiger partial charge < -0.3 is 4.98 Å². The van der Waals surface area contributed by atoms with E-state index in [-0.39, 0.29) is 11.1 Å². The molecule has 4 aromatic heterocycles. The smallest absolute Gasteiger partial charge is 0.260 e. The van der Waals surface area contributed by atoms with Gasteiger partial charge in [0.15, 0.2) is 10.1 Å². The molecule has 9 heteroatoms. The Balaban J connectivity index is 1.34. The molecule has 1 aromatic carbocycles. The zero-order valence-electron chi connectivity index (χ0n) is 15.8. The van der Waals surface area contributed by atoms with Crippen molar-refractivity contribution in [3.8, 4) is 0 Å². The lowest BCUT2D eigenvalue weighted by Crippen LogP contribution is -2.14. The summed E-state index contributed by atoms with van der Waals surface area (Å²) >= 11 is 4.55. The molecule has 0 bridgehead atoms. The third-order valence-corrected chi connectivity index (χ3v) is 8.52. The first-order valence-corrected chi connectivity index (χ1v) is 12.4. The van der Waals surface area contributed by atoms with Crippen LogP contribution < -0.4 is 11.1 Å². The predicted molar refractivity (Wildman–Crippen MR) is 123 cm³/mol. The highest BCUT2D eigenvalue weighted by Crippen LogP contribution is 2.34. The molecule has 1 N–H and O–H groups in total. The number of aromatic amines is 1. The Hall–Kier alpha value is -2.49. The van der Waals surface area contributed by atoms with E-state index in [0.29, 0.717) is 21.6 Å². The Morgan fingerprint density at radius 3 is 2.90 bits per heavy atom. The Labute approximate surface area is 182 Å². The van der Waals surface area contributed by atoms with E-state index in [4.69, 9.17) is 4.98 Å². The molecule has 4 heterocycles. The van der Waals surface area contributed by atoms with Gasteiger partial charge in [0.05, 0.1) is 21.3 Å². The van der Waals surface area contributed by atoms with Crippen molar-refractivity contribution in [2.45, 2.75) is 36.6 Å². The van der Waals surface area contributed by atoms with Crippen LogP contribution >= 0.6 is 34.4 Å². The van der Waals surface area contributed by atoms with Crippen molar-refractivity contribution in [1.82, 2.24) is 19.4 Å². The Morgan fingerprint density at radius 2 is 1.97 bits per heavy atom. The van der Waals surface area contributed by atoms with Crippen LogP contribution in [0.1, 0.15) is 29.0 Å². The predicted octanol–water partition coefficient (Wildman–Crippen LogP) is 4.38. The van der Waals surface area contributed by atoms with Gasteiger partial charge in [-0.25, -0.2) is 9.97 Å². The summed E-state index contributed by atoms with van der Waals surface area (Å²) in [5.41, 5.74) is 2.61. The summed E-state index contributed by atoms with van der Waals surface area (Å²) in [4.78, 5) is 40.5. The SMILES string of the molecule is O=c1[nH]c(SCc2cc(=O)n3c(n2)sc2ccccc23)nc2sc3c(c12)CCCC3. The average Bonchev–Trinajstić information content (AvgIpc) is 3.30. The van der Waals surface area contributed by atoms with Gasteiger partial charge >= 0.3 is 0 Å². The molecule has 0 amide bonds. The topological polar surface area (TPSA) is 80.1 Å². The number of benzene rings is 1. The first kappa shape index (κ1) is 18.3. The van der Waals surface area contributed by atoms with Crippen LogP contribution in [0.4, 0.5) is 0 Å². The number of rotatable bonds is 3. The number of nitrogens with one attached hydrogen (secondary N) is 1. The molecule has 0 saturated carbocycles. The highest BCUT2D eigenvalue weighted by atomic mass is 32.2. The van der Waals surface area contributed by atoms with Crippen LogP contribution in [0.3, 0.4) is 0 Å². The molecule has 0 atom stereocenters. The van der Waals surface area contributed by atoms with Crippen LogP contribution in [-0.4, -0.2) is 19.4 Å². The summed E-state index contributed by atoms with van der Waals surface area (Å²) in [5, 5.41) is 1.34. The summed E-state index contributed by atoms with van der Waals surface area (Å²) in [6, 6.07) is 9.37. The number of H-pyrrole nitrogens is 1. The quantitative estimate of drug-likeness (QED) is 0.325. The Morgan fingerprint density at radius 1 is 1.10 bits per heavy atom. The number of aryl methyl sites for hydroxylation is 2. The summed E-state index contributed by atoms with van der Waals surface area (Å²) < 4.78 is 2.68. The van der Waals surface area contributed by atoms with E-state index in [1.165, 1.54) is 40.0 Å². The second-order valence-corrected chi connectivity index (χ2v) is 10.4. The number of thioether (sulfide) groups is 1. The summed E-state index contributed by atoms with van der Waals surface area (Å²) in [5.74, 6) is 0.472. The molecule has 150 valence electrons. The summed E-state index contributed by atoms with van der Waals surface area (Å²) in [7, 11) is 0. The molecule has 0 radical (unpaired) electrons. The average molecular weight is 453 g/mol. The molecule has 0 unspecified atom stereocenters. The number of thiazole rings is 1. The van der Waals surface area contributed by atoms with E-state index in [1.807, 2.05) is 24.3 Å². The van der Waals surface area contributed by atoms with Crippen molar-refractivity contribution in [2.75, 3.05) is 0 Å². The first-order chi connectivity index (χ1) is 14.7. The second kappa shape index (κ2) is 7.04. The van der Waals surface area contributed by atoms with Crippen LogP contribution in [0.25, 0.3) is 25.4 Å². The van der Waals surface area contributed by atoms with Gasteiger partial charge in [-0.05, 0) is 43.4 Å². The van der Waals surface area contributed by atoms with Crippen molar-refractivity contribution in [3.05, 3.63) is 67.2 Å². The zero-order chi connectivity index (χ0) is 20.2. The number of thiophene rings is 1. The molecule has 5 aromatic rings. The van der Waals surface area contributed by atoms with E-state index < -0.39 is 0 Å². The molecule has 6 nitrogen and oxygen atoms in total. The lowest BCUT2D eigenvalue weighted by Gasteiger charge is -2.09. The minimum Gasteiger partial charge on any atom is -0.301 e. The minimum absolute atomic E-state index is 0.0603. The van der Waals surface area contributed by atoms with Crippen LogP contribution in [0, 0.1) is 0 Å². The van der Waals surface area contributed by atoms with Crippen molar-refractivity contribution in [3.63, 3.8) is 0 Å². The molecule has 30 heavy (non-hydrogen) atoms. The highest BCUT2D eigenvalue weighted by Gasteiger charge is 2.20. The van der Waals surface area contributed by atoms with Crippen LogP contribution in [-0.2, 0) is 18.6 Å².